The van der Waals surface area contributed by atoms with Gasteiger partial charge in [-0.2, -0.15) is 5.10 Å². The van der Waals surface area contributed by atoms with Gasteiger partial charge in [-0.25, -0.2) is 9.50 Å². The number of rotatable bonds is 4. The van der Waals surface area contributed by atoms with Gasteiger partial charge in [0.05, 0.1) is 6.20 Å². The average molecular weight is 349 g/mol. The van der Waals surface area contributed by atoms with Crippen molar-refractivity contribution < 1.29 is 4.79 Å². The number of benzene rings is 1. The van der Waals surface area contributed by atoms with E-state index in [-0.39, 0.29) is 0 Å². The van der Waals surface area contributed by atoms with E-state index >= 15 is 0 Å². The van der Waals surface area contributed by atoms with Crippen molar-refractivity contribution in [3.8, 4) is 11.1 Å². The number of fused-ring (bicyclic) bond motifs is 1. The maximum absolute atomic E-state index is 11.4. The molecule has 4 rings (SSSR count). The van der Waals surface area contributed by atoms with Gasteiger partial charge in [0.25, 0.3) is 5.91 Å². The van der Waals surface area contributed by atoms with Gasteiger partial charge in [0, 0.05) is 24.0 Å². The Morgan fingerprint density at radius 2 is 1.81 bits per heavy atom. The van der Waals surface area contributed by atoms with Crippen LogP contribution in [0.15, 0.2) is 42.9 Å². The van der Waals surface area contributed by atoms with Crippen molar-refractivity contribution in [2.45, 2.75) is 32.2 Å². The third-order valence-electron chi connectivity index (χ3n) is 5.29. The first kappa shape index (κ1) is 16.7. The highest BCUT2D eigenvalue weighted by molar-refractivity contribution is 5.98. The minimum atomic E-state index is -0.517. The number of hydrogen-bond acceptors (Lipinski definition) is 4. The van der Waals surface area contributed by atoms with Gasteiger partial charge in [0.15, 0.2) is 5.65 Å². The number of hydrogen-bond donors (Lipinski definition) is 1. The van der Waals surface area contributed by atoms with Gasteiger partial charge in [-0.15, -0.1) is 0 Å². The number of aromatic nitrogens is 3. The number of piperidine rings is 1. The molecule has 1 saturated heterocycles. The smallest absolute Gasteiger partial charge is 0.254 e. The minimum Gasteiger partial charge on any atom is -0.365 e. The van der Waals surface area contributed by atoms with E-state index in [1.54, 1.807) is 10.7 Å². The topological polar surface area (TPSA) is 76.5 Å². The molecular weight excluding hydrogens is 326 g/mol. The van der Waals surface area contributed by atoms with Crippen LogP contribution in [0, 0.1) is 0 Å². The second kappa shape index (κ2) is 6.88. The molecule has 1 aliphatic rings. The van der Waals surface area contributed by atoms with E-state index in [1.807, 2.05) is 6.20 Å². The average Bonchev–Trinajstić information content (AvgIpc) is 3.12. The van der Waals surface area contributed by atoms with E-state index < -0.39 is 5.91 Å². The molecule has 1 atom stereocenters. The molecule has 2 N–H and O–H groups in total. The lowest BCUT2D eigenvalue weighted by Crippen LogP contribution is -2.32. The van der Waals surface area contributed by atoms with Crippen molar-refractivity contribution >= 4 is 11.6 Å². The Morgan fingerprint density at radius 1 is 1.08 bits per heavy atom. The summed E-state index contributed by atoms with van der Waals surface area (Å²) >= 11 is 0. The molecule has 6 nitrogen and oxygen atoms in total. The van der Waals surface area contributed by atoms with Crippen LogP contribution in [0.5, 0.6) is 0 Å². The lowest BCUT2D eigenvalue weighted by Gasteiger charge is -2.32. The number of likely N-dealkylation sites (tertiary alicyclic amines) is 1. The maximum Gasteiger partial charge on any atom is 0.254 e. The maximum atomic E-state index is 11.4. The van der Waals surface area contributed by atoms with Gasteiger partial charge in [-0.05, 0) is 44.0 Å². The molecule has 1 amide bonds. The highest BCUT2D eigenvalue weighted by atomic mass is 16.1. The number of amides is 1. The number of carbonyl (C=O) groups is 1. The zero-order valence-electron chi connectivity index (χ0n) is 14.9. The summed E-state index contributed by atoms with van der Waals surface area (Å²) in [5, 5.41) is 4.18. The summed E-state index contributed by atoms with van der Waals surface area (Å²) in [6, 6.07) is 9.07. The fourth-order valence-electron chi connectivity index (χ4n) is 3.67. The number of carbonyl (C=O) groups excluding carboxylic acids is 1. The van der Waals surface area contributed by atoms with E-state index in [9.17, 15) is 4.79 Å². The van der Waals surface area contributed by atoms with Crippen molar-refractivity contribution in [2.24, 2.45) is 5.73 Å². The van der Waals surface area contributed by atoms with Gasteiger partial charge in [0.1, 0.15) is 5.56 Å². The molecule has 0 spiro atoms. The summed E-state index contributed by atoms with van der Waals surface area (Å²) in [5.41, 5.74) is 9.52. The number of primary amides is 1. The van der Waals surface area contributed by atoms with Crippen molar-refractivity contribution in [1.82, 2.24) is 19.5 Å². The van der Waals surface area contributed by atoms with Gasteiger partial charge < -0.3 is 5.73 Å². The van der Waals surface area contributed by atoms with Crippen LogP contribution in [-0.4, -0.2) is 38.5 Å². The quantitative estimate of drug-likeness (QED) is 0.785. The van der Waals surface area contributed by atoms with E-state index in [2.05, 4.69) is 46.2 Å². The zero-order valence-corrected chi connectivity index (χ0v) is 14.9. The SMILES string of the molecule is C[C@H](c1ccc(-c2cnc3c(C(N)=O)cnn3c2)cc1)N1CCCCC1. The molecular formula is C20H23N5O. The Hall–Kier alpha value is -2.73. The fraction of sp³-hybridized carbons (Fsp3) is 0.350. The first-order chi connectivity index (χ1) is 12.6. The van der Waals surface area contributed by atoms with Gasteiger partial charge in [0.2, 0.25) is 0 Å². The predicted octanol–water partition coefficient (Wildman–Crippen LogP) is 3.04. The standard InChI is InChI=1S/C20H23N5O/c1-14(24-9-3-2-4-10-24)15-5-7-16(8-6-15)17-11-22-20-18(19(21)26)12-23-25(20)13-17/h5-8,11-14H,2-4,9-10H2,1H3,(H2,21,26)/t14-/m1/s1. The van der Waals surface area contributed by atoms with E-state index in [0.717, 1.165) is 11.1 Å². The summed E-state index contributed by atoms with van der Waals surface area (Å²) in [6.45, 7) is 4.65. The van der Waals surface area contributed by atoms with E-state index in [4.69, 9.17) is 5.73 Å². The fourth-order valence-corrected chi connectivity index (χ4v) is 3.67. The minimum absolute atomic E-state index is 0.335. The highest BCUT2D eigenvalue weighted by Crippen LogP contribution is 2.27. The first-order valence-electron chi connectivity index (χ1n) is 9.11. The Kier molecular flexibility index (Phi) is 4.42. The third-order valence-corrected chi connectivity index (χ3v) is 5.29. The summed E-state index contributed by atoms with van der Waals surface area (Å²) < 4.78 is 1.60. The van der Waals surface area contributed by atoms with E-state index in [1.165, 1.54) is 44.1 Å². The van der Waals surface area contributed by atoms with Crippen LogP contribution in [-0.2, 0) is 0 Å². The van der Waals surface area contributed by atoms with Crippen LogP contribution in [0.4, 0.5) is 0 Å². The lowest BCUT2D eigenvalue weighted by atomic mass is 10.0. The summed E-state index contributed by atoms with van der Waals surface area (Å²) in [6.07, 6.45) is 9.03. The lowest BCUT2D eigenvalue weighted by molar-refractivity contribution is 0.100. The Bertz CT molecular complexity index is 925. The molecule has 1 aromatic carbocycles. The molecule has 0 aliphatic carbocycles. The van der Waals surface area contributed by atoms with Gasteiger partial charge in [-0.3, -0.25) is 9.69 Å². The molecule has 6 heteroatoms. The van der Waals surface area contributed by atoms with Gasteiger partial charge >= 0.3 is 0 Å². The summed E-state index contributed by atoms with van der Waals surface area (Å²) in [7, 11) is 0. The zero-order chi connectivity index (χ0) is 18.1. The normalized spacial score (nSPS) is 16.7. The van der Waals surface area contributed by atoms with Crippen LogP contribution >= 0.6 is 0 Å². The van der Waals surface area contributed by atoms with Crippen molar-refractivity contribution in [2.75, 3.05) is 13.1 Å². The first-order valence-corrected chi connectivity index (χ1v) is 9.11. The Labute approximate surface area is 152 Å². The van der Waals surface area contributed by atoms with Gasteiger partial charge in [-0.1, -0.05) is 30.7 Å². The highest BCUT2D eigenvalue weighted by Gasteiger charge is 2.18. The molecule has 2 aromatic heterocycles. The molecule has 0 unspecified atom stereocenters. The van der Waals surface area contributed by atoms with Crippen LogP contribution < -0.4 is 5.73 Å². The van der Waals surface area contributed by atoms with Crippen LogP contribution in [0.2, 0.25) is 0 Å². The predicted molar refractivity (Wildman–Crippen MR) is 101 cm³/mol. The van der Waals surface area contributed by atoms with Crippen molar-refractivity contribution in [1.29, 1.82) is 0 Å². The largest absolute Gasteiger partial charge is 0.365 e. The molecule has 0 radical (unpaired) electrons. The Balaban J connectivity index is 1.58. The Morgan fingerprint density at radius 3 is 2.50 bits per heavy atom. The van der Waals surface area contributed by atoms with Crippen LogP contribution in [0.3, 0.4) is 0 Å². The molecule has 1 fully saturated rings. The molecule has 134 valence electrons. The van der Waals surface area contributed by atoms with Crippen LogP contribution in [0.1, 0.15) is 48.1 Å². The summed E-state index contributed by atoms with van der Waals surface area (Å²) in [4.78, 5) is 18.3. The van der Waals surface area contributed by atoms with Crippen LogP contribution in [0.25, 0.3) is 16.8 Å². The number of nitrogens with two attached hydrogens (primary N) is 1. The van der Waals surface area contributed by atoms with Crippen molar-refractivity contribution in [3.05, 3.63) is 54.0 Å². The number of nitrogens with zero attached hydrogens (tertiary/aromatic N) is 4. The monoisotopic (exact) mass is 349 g/mol. The summed E-state index contributed by atoms with van der Waals surface area (Å²) in [5.74, 6) is -0.517. The second-order valence-electron chi connectivity index (χ2n) is 6.93. The van der Waals surface area contributed by atoms with E-state index in [0.29, 0.717) is 17.3 Å². The second-order valence-corrected chi connectivity index (χ2v) is 6.93. The molecule has 0 bridgehead atoms. The molecule has 1 aliphatic heterocycles. The molecule has 0 saturated carbocycles. The third kappa shape index (κ3) is 3.08. The molecule has 3 heterocycles. The van der Waals surface area contributed by atoms with Crippen molar-refractivity contribution in [3.63, 3.8) is 0 Å². The molecule has 26 heavy (non-hydrogen) atoms. The molecule has 3 aromatic rings.